The van der Waals surface area contributed by atoms with Crippen LogP contribution in [0.2, 0.25) is 5.02 Å². The monoisotopic (exact) mass is 352 g/mol. The molecule has 126 valence electrons. The van der Waals surface area contributed by atoms with Crippen molar-refractivity contribution in [2.75, 3.05) is 10.6 Å². The number of nitrogens with zero attached hydrogens (tertiary/aromatic N) is 2. The molecule has 0 fully saturated rings. The highest BCUT2D eigenvalue weighted by atomic mass is 35.5. The SMILES string of the molecule is CCc1ccc(Nc2cc(C(=O)Nc3ccccc3Cl)ncn2)cc1. The van der Waals surface area contributed by atoms with Gasteiger partial charge in [0.1, 0.15) is 17.8 Å². The molecule has 0 bridgehead atoms. The Morgan fingerprint density at radius 3 is 2.56 bits per heavy atom. The highest BCUT2D eigenvalue weighted by Gasteiger charge is 2.11. The van der Waals surface area contributed by atoms with Crippen molar-refractivity contribution in [3.05, 3.63) is 77.2 Å². The van der Waals surface area contributed by atoms with E-state index >= 15 is 0 Å². The first-order valence-electron chi connectivity index (χ1n) is 7.89. The molecule has 0 aliphatic carbocycles. The molecule has 3 rings (SSSR count). The third kappa shape index (κ3) is 4.33. The van der Waals surface area contributed by atoms with Crippen LogP contribution in [0.4, 0.5) is 17.2 Å². The van der Waals surface area contributed by atoms with Crippen LogP contribution in [0.5, 0.6) is 0 Å². The molecule has 0 aliphatic heterocycles. The zero-order valence-electron chi connectivity index (χ0n) is 13.7. The molecule has 0 saturated carbocycles. The molecule has 2 N–H and O–H groups in total. The van der Waals surface area contributed by atoms with Crippen LogP contribution in [0.1, 0.15) is 23.0 Å². The van der Waals surface area contributed by atoms with E-state index in [1.54, 1.807) is 30.3 Å². The van der Waals surface area contributed by atoms with Gasteiger partial charge in [-0.2, -0.15) is 0 Å². The molecule has 3 aromatic rings. The molecule has 1 heterocycles. The van der Waals surface area contributed by atoms with Gasteiger partial charge in [0.25, 0.3) is 5.91 Å². The molecule has 0 atom stereocenters. The van der Waals surface area contributed by atoms with Crippen molar-refractivity contribution < 1.29 is 4.79 Å². The molecular formula is C19H17ClN4O. The van der Waals surface area contributed by atoms with E-state index in [1.807, 2.05) is 12.1 Å². The minimum atomic E-state index is -0.347. The van der Waals surface area contributed by atoms with Gasteiger partial charge < -0.3 is 10.6 Å². The van der Waals surface area contributed by atoms with Crippen molar-refractivity contribution in [3.8, 4) is 0 Å². The Bertz CT molecular complexity index is 881. The van der Waals surface area contributed by atoms with Crippen LogP contribution in [-0.2, 0) is 6.42 Å². The average Bonchev–Trinajstić information content (AvgIpc) is 2.64. The second-order valence-corrected chi connectivity index (χ2v) is 5.81. The Kier molecular flexibility index (Phi) is 5.26. The minimum Gasteiger partial charge on any atom is -0.340 e. The van der Waals surface area contributed by atoms with Crippen molar-refractivity contribution in [1.29, 1.82) is 0 Å². The Hall–Kier alpha value is -2.92. The number of para-hydroxylation sites is 1. The second-order valence-electron chi connectivity index (χ2n) is 5.40. The lowest BCUT2D eigenvalue weighted by Crippen LogP contribution is -2.14. The zero-order valence-corrected chi connectivity index (χ0v) is 14.4. The number of hydrogen-bond donors (Lipinski definition) is 2. The topological polar surface area (TPSA) is 66.9 Å². The number of amides is 1. The molecule has 5 nitrogen and oxygen atoms in total. The summed E-state index contributed by atoms with van der Waals surface area (Å²) in [6, 6.07) is 16.7. The number of carbonyl (C=O) groups excluding carboxylic acids is 1. The lowest BCUT2D eigenvalue weighted by molar-refractivity contribution is 0.102. The molecule has 0 aliphatic rings. The van der Waals surface area contributed by atoms with Crippen LogP contribution in [0, 0.1) is 0 Å². The molecule has 1 aromatic heterocycles. The van der Waals surface area contributed by atoms with Crippen molar-refractivity contribution in [2.45, 2.75) is 13.3 Å². The summed E-state index contributed by atoms with van der Waals surface area (Å²) in [5.74, 6) is 0.198. The maximum atomic E-state index is 12.4. The van der Waals surface area contributed by atoms with Crippen molar-refractivity contribution in [3.63, 3.8) is 0 Å². The van der Waals surface area contributed by atoms with Gasteiger partial charge in [0, 0.05) is 11.8 Å². The lowest BCUT2D eigenvalue weighted by atomic mass is 10.1. The smallest absolute Gasteiger partial charge is 0.274 e. The number of anilines is 3. The number of nitrogens with one attached hydrogen (secondary N) is 2. The van der Waals surface area contributed by atoms with Crippen LogP contribution < -0.4 is 10.6 Å². The van der Waals surface area contributed by atoms with Crippen molar-refractivity contribution >= 4 is 34.7 Å². The number of carbonyl (C=O) groups is 1. The molecule has 2 aromatic carbocycles. The van der Waals surface area contributed by atoms with E-state index < -0.39 is 0 Å². The first-order valence-corrected chi connectivity index (χ1v) is 8.27. The Balaban J connectivity index is 1.74. The fourth-order valence-corrected chi connectivity index (χ4v) is 2.45. The summed E-state index contributed by atoms with van der Waals surface area (Å²) >= 11 is 6.06. The molecule has 1 amide bonds. The lowest BCUT2D eigenvalue weighted by Gasteiger charge is -2.09. The van der Waals surface area contributed by atoms with E-state index in [-0.39, 0.29) is 11.6 Å². The van der Waals surface area contributed by atoms with Gasteiger partial charge in [0.2, 0.25) is 0 Å². The predicted octanol–water partition coefficient (Wildman–Crippen LogP) is 4.69. The van der Waals surface area contributed by atoms with Gasteiger partial charge in [-0.25, -0.2) is 9.97 Å². The van der Waals surface area contributed by atoms with E-state index in [4.69, 9.17) is 11.6 Å². The summed E-state index contributed by atoms with van der Waals surface area (Å²) in [4.78, 5) is 20.6. The highest BCUT2D eigenvalue weighted by Crippen LogP contribution is 2.21. The minimum absolute atomic E-state index is 0.252. The Morgan fingerprint density at radius 2 is 1.84 bits per heavy atom. The molecule has 0 spiro atoms. The fraction of sp³-hybridized carbons (Fsp3) is 0.105. The largest absolute Gasteiger partial charge is 0.340 e. The van der Waals surface area contributed by atoms with Gasteiger partial charge >= 0.3 is 0 Å². The summed E-state index contributed by atoms with van der Waals surface area (Å²) in [5, 5.41) is 6.38. The van der Waals surface area contributed by atoms with Crippen molar-refractivity contribution in [2.24, 2.45) is 0 Å². The molecule has 0 saturated heterocycles. The van der Waals surface area contributed by atoms with Crippen molar-refractivity contribution in [1.82, 2.24) is 9.97 Å². The second kappa shape index (κ2) is 7.77. The third-order valence-corrected chi connectivity index (χ3v) is 3.99. The van der Waals surface area contributed by atoms with E-state index in [9.17, 15) is 4.79 Å². The van der Waals surface area contributed by atoms with Crippen LogP contribution in [0.15, 0.2) is 60.9 Å². The zero-order chi connectivity index (χ0) is 17.6. The summed E-state index contributed by atoms with van der Waals surface area (Å²) in [6.45, 7) is 2.11. The van der Waals surface area contributed by atoms with Crippen LogP contribution in [0.3, 0.4) is 0 Å². The van der Waals surface area contributed by atoms with Gasteiger partial charge in [-0.1, -0.05) is 42.8 Å². The van der Waals surface area contributed by atoms with Crippen LogP contribution >= 0.6 is 11.6 Å². The Morgan fingerprint density at radius 1 is 1.08 bits per heavy atom. The quantitative estimate of drug-likeness (QED) is 0.699. The maximum absolute atomic E-state index is 12.4. The number of aryl methyl sites for hydroxylation is 1. The van der Waals surface area contributed by atoms with Crippen LogP contribution in [0.25, 0.3) is 0 Å². The number of aromatic nitrogens is 2. The first-order chi connectivity index (χ1) is 12.2. The normalized spacial score (nSPS) is 10.3. The van der Waals surface area contributed by atoms with Gasteiger partial charge in [0.05, 0.1) is 10.7 Å². The van der Waals surface area contributed by atoms with E-state index in [2.05, 4.69) is 39.7 Å². The number of benzene rings is 2. The highest BCUT2D eigenvalue weighted by molar-refractivity contribution is 6.33. The average molecular weight is 353 g/mol. The number of halogens is 1. The van der Waals surface area contributed by atoms with E-state index in [0.717, 1.165) is 12.1 Å². The fourth-order valence-electron chi connectivity index (χ4n) is 2.27. The van der Waals surface area contributed by atoms with E-state index in [0.29, 0.717) is 16.5 Å². The molecule has 0 radical (unpaired) electrons. The predicted molar refractivity (Wildman–Crippen MR) is 101 cm³/mol. The standard InChI is InChI=1S/C19H17ClN4O/c1-2-13-7-9-14(10-8-13)23-18-11-17(21-12-22-18)19(25)24-16-6-4-3-5-15(16)20/h3-12H,2H2,1H3,(H,24,25)(H,21,22,23). The van der Waals surface area contributed by atoms with Gasteiger partial charge in [0.15, 0.2) is 0 Å². The summed E-state index contributed by atoms with van der Waals surface area (Å²) in [5.41, 5.74) is 2.95. The van der Waals surface area contributed by atoms with Crippen LogP contribution in [-0.4, -0.2) is 15.9 Å². The third-order valence-electron chi connectivity index (χ3n) is 3.66. The summed E-state index contributed by atoms with van der Waals surface area (Å²) in [7, 11) is 0. The maximum Gasteiger partial charge on any atom is 0.274 e. The summed E-state index contributed by atoms with van der Waals surface area (Å²) in [6.07, 6.45) is 2.34. The molecule has 25 heavy (non-hydrogen) atoms. The van der Waals surface area contributed by atoms with Gasteiger partial charge in [-0.3, -0.25) is 4.79 Å². The summed E-state index contributed by atoms with van der Waals surface area (Å²) < 4.78 is 0. The van der Waals surface area contributed by atoms with E-state index in [1.165, 1.54) is 11.9 Å². The van der Waals surface area contributed by atoms with Gasteiger partial charge in [-0.05, 0) is 36.2 Å². The molecule has 6 heteroatoms. The molecule has 0 unspecified atom stereocenters. The van der Waals surface area contributed by atoms with Gasteiger partial charge in [-0.15, -0.1) is 0 Å². The Labute approximate surface area is 151 Å². The number of rotatable bonds is 5. The number of hydrogen-bond acceptors (Lipinski definition) is 4. The first kappa shape index (κ1) is 16.9. The molecular weight excluding hydrogens is 336 g/mol.